The summed E-state index contributed by atoms with van der Waals surface area (Å²) in [5, 5.41) is 10.6. The zero-order valence-electron chi connectivity index (χ0n) is 14.6. The van der Waals surface area contributed by atoms with E-state index in [1.165, 1.54) is 13.2 Å². The van der Waals surface area contributed by atoms with E-state index in [-0.39, 0.29) is 5.76 Å². The van der Waals surface area contributed by atoms with Crippen LogP contribution in [0.15, 0.2) is 78.6 Å². The number of carbonyl (C=O) groups excluding carboxylic acids is 1. The lowest BCUT2D eigenvalue weighted by Gasteiger charge is -2.06. The van der Waals surface area contributed by atoms with Crippen molar-refractivity contribution in [2.45, 2.75) is 0 Å². The number of rotatable bonds is 3. The molecule has 0 amide bonds. The number of hydrogen-bond acceptors (Lipinski definition) is 4. The van der Waals surface area contributed by atoms with Crippen LogP contribution in [0.5, 0.6) is 5.75 Å². The van der Waals surface area contributed by atoms with Gasteiger partial charge in [-0.15, -0.1) is 0 Å². The molecule has 0 saturated carbocycles. The van der Waals surface area contributed by atoms with Crippen LogP contribution >= 0.6 is 0 Å². The van der Waals surface area contributed by atoms with E-state index in [0.717, 1.165) is 10.8 Å². The molecular weight excluding hydrogens is 338 g/mol. The number of nitrogens with zero attached hydrogens (tertiary/aromatic N) is 1. The van der Waals surface area contributed by atoms with Gasteiger partial charge in [0.1, 0.15) is 5.75 Å². The number of hydrogen-bond donors (Lipinski definition) is 0. The number of fused-ring (bicyclic) bond motifs is 1. The molecule has 0 N–H and O–H groups in total. The molecule has 0 unspecified atom stereocenters. The van der Waals surface area contributed by atoms with Gasteiger partial charge in [0.2, 0.25) is 0 Å². The van der Waals surface area contributed by atoms with Crippen LogP contribution in [-0.2, 0) is 9.53 Å². The summed E-state index contributed by atoms with van der Waals surface area (Å²) in [6, 6.07) is 22.0. The standard InChI is InChI=1S/C23H15NO3/c1-26-20(14-13-17-9-11-18(16-24)12-10-17)15-23(25)27-22-8-4-6-19-5-2-3-7-21(19)22/h2-12,15H,1H3/b20-15-. The number of allylic oxidation sites excluding steroid dienone is 1. The molecule has 0 bridgehead atoms. The van der Waals surface area contributed by atoms with Crippen LogP contribution in [0.1, 0.15) is 11.1 Å². The van der Waals surface area contributed by atoms with Crippen molar-refractivity contribution in [2.24, 2.45) is 0 Å². The fourth-order valence-corrected chi connectivity index (χ4v) is 2.44. The highest BCUT2D eigenvalue weighted by Gasteiger charge is 2.07. The zero-order valence-corrected chi connectivity index (χ0v) is 14.6. The molecule has 4 nitrogen and oxygen atoms in total. The Morgan fingerprint density at radius 2 is 1.67 bits per heavy atom. The molecular formula is C23H15NO3. The number of benzene rings is 3. The van der Waals surface area contributed by atoms with E-state index in [0.29, 0.717) is 16.9 Å². The number of nitriles is 1. The highest BCUT2D eigenvalue weighted by atomic mass is 16.5. The third-order valence-electron chi connectivity index (χ3n) is 3.77. The van der Waals surface area contributed by atoms with Crippen LogP contribution in [0.25, 0.3) is 10.8 Å². The minimum absolute atomic E-state index is 0.185. The highest BCUT2D eigenvalue weighted by Crippen LogP contribution is 2.25. The number of ether oxygens (including phenoxy) is 2. The molecule has 0 aliphatic carbocycles. The average Bonchev–Trinajstić information content (AvgIpc) is 2.71. The van der Waals surface area contributed by atoms with Crippen molar-refractivity contribution in [3.05, 3.63) is 89.7 Å². The lowest BCUT2D eigenvalue weighted by molar-refractivity contribution is -0.129. The normalized spacial score (nSPS) is 10.4. The van der Waals surface area contributed by atoms with Crippen LogP contribution in [-0.4, -0.2) is 13.1 Å². The van der Waals surface area contributed by atoms with Crippen molar-refractivity contribution in [1.29, 1.82) is 5.26 Å². The van der Waals surface area contributed by atoms with Gasteiger partial charge in [-0.3, -0.25) is 0 Å². The Hall–Kier alpha value is -4.02. The summed E-state index contributed by atoms with van der Waals surface area (Å²) in [5.74, 6) is 5.76. The van der Waals surface area contributed by atoms with Gasteiger partial charge in [0.15, 0.2) is 5.76 Å². The van der Waals surface area contributed by atoms with Crippen LogP contribution in [0.4, 0.5) is 0 Å². The van der Waals surface area contributed by atoms with Gasteiger partial charge in [-0.2, -0.15) is 5.26 Å². The first-order valence-corrected chi connectivity index (χ1v) is 8.17. The summed E-state index contributed by atoms with van der Waals surface area (Å²) in [6.07, 6.45) is 1.21. The van der Waals surface area contributed by atoms with Gasteiger partial charge in [-0.25, -0.2) is 4.79 Å². The molecule has 0 atom stereocenters. The van der Waals surface area contributed by atoms with E-state index >= 15 is 0 Å². The zero-order chi connectivity index (χ0) is 19.1. The molecule has 0 radical (unpaired) electrons. The van der Waals surface area contributed by atoms with Crippen molar-refractivity contribution < 1.29 is 14.3 Å². The second-order valence-corrected chi connectivity index (χ2v) is 5.55. The monoisotopic (exact) mass is 353 g/mol. The van der Waals surface area contributed by atoms with E-state index in [9.17, 15) is 4.79 Å². The summed E-state index contributed by atoms with van der Waals surface area (Å²) in [4.78, 5) is 12.2. The molecule has 0 saturated heterocycles. The summed E-state index contributed by atoms with van der Waals surface area (Å²) in [6.45, 7) is 0. The minimum Gasteiger partial charge on any atom is -0.488 e. The smallest absolute Gasteiger partial charge is 0.340 e. The van der Waals surface area contributed by atoms with Crippen LogP contribution in [0.3, 0.4) is 0 Å². The Morgan fingerprint density at radius 1 is 0.963 bits per heavy atom. The summed E-state index contributed by atoms with van der Waals surface area (Å²) >= 11 is 0. The van der Waals surface area contributed by atoms with E-state index < -0.39 is 5.97 Å². The predicted octanol–water partition coefficient (Wildman–Crippen LogP) is 4.20. The second-order valence-electron chi connectivity index (χ2n) is 5.55. The molecule has 27 heavy (non-hydrogen) atoms. The first kappa shape index (κ1) is 17.8. The first-order chi connectivity index (χ1) is 13.2. The van der Waals surface area contributed by atoms with Crippen molar-refractivity contribution in [1.82, 2.24) is 0 Å². The van der Waals surface area contributed by atoms with Gasteiger partial charge < -0.3 is 9.47 Å². The van der Waals surface area contributed by atoms with Gasteiger partial charge >= 0.3 is 5.97 Å². The summed E-state index contributed by atoms with van der Waals surface area (Å²) in [7, 11) is 1.44. The lowest BCUT2D eigenvalue weighted by atomic mass is 10.1. The molecule has 3 rings (SSSR count). The highest BCUT2D eigenvalue weighted by molar-refractivity contribution is 5.92. The Kier molecular flexibility index (Phi) is 5.52. The Labute approximate surface area is 157 Å². The van der Waals surface area contributed by atoms with Gasteiger partial charge in [0, 0.05) is 10.9 Å². The largest absolute Gasteiger partial charge is 0.488 e. The maximum Gasteiger partial charge on any atom is 0.340 e. The van der Waals surface area contributed by atoms with E-state index in [1.807, 2.05) is 42.5 Å². The molecule has 3 aromatic carbocycles. The molecule has 0 spiro atoms. The Bertz CT molecular complexity index is 1100. The fourth-order valence-electron chi connectivity index (χ4n) is 2.44. The van der Waals surface area contributed by atoms with Gasteiger partial charge in [0.25, 0.3) is 0 Å². The van der Waals surface area contributed by atoms with Gasteiger partial charge in [0.05, 0.1) is 24.8 Å². The molecule has 3 aromatic rings. The Morgan fingerprint density at radius 3 is 2.41 bits per heavy atom. The number of methoxy groups -OCH3 is 1. The topological polar surface area (TPSA) is 59.3 Å². The molecule has 0 aromatic heterocycles. The van der Waals surface area contributed by atoms with Crippen LogP contribution < -0.4 is 4.74 Å². The predicted molar refractivity (Wildman–Crippen MR) is 103 cm³/mol. The Balaban J connectivity index is 1.78. The minimum atomic E-state index is -0.572. The van der Waals surface area contributed by atoms with Crippen LogP contribution in [0.2, 0.25) is 0 Å². The number of carbonyl (C=O) groups is 1. The van der Waals surface area contributed by atoms with Gasteiger partial charge in [-0.1, -0.05) is 42.3 Å². The van der Waals surface area contributed by atoms with Crippen molar-refractivity contribution in [3.8, 4) is 23.7 Å². The van der Waals surface area contributed by atoms with E-state index in [2.05, 4.69) is 11.8 Å². The maximum atomic E-state index is 12.2. The third kappa shape index (κ3) is 4.54. The van der Waals surface area contributed by atoms with Gasteiger partial charge in [-0.05, 0) is 41.6 Å². The second kappa shape index (κ2) is 8.38. The molecule has 0 fully saturated rings. The number of esters is 1. The summed E-state index contributed by atoms with van der Waals surface area (Å²) < 4.78 is 10.6. The van der Waals surface area contributed by atoms with E-state index in [4.69, 9.17) is 14.7 Å². The van der Waals surface area contributed by atoms with E-state index in [1.54, 1.807) is 30.3 Å². The SMILES string of the molecule is CO/C(C#Cc1ccc(C#N)cc1)=C\C(=O)Oc1cccc2ccccc12. The lowest BCUT2D eigenvalue weighted by Crippen LogP contribution is -2.06. The summed E-state index contributed by atoms with van der Waals surface area (Å²) in [5.41, 5.74) is 1.26. The molecule has 0 aliphatic heterocycles. The van der Waals surface area contributed by atoms with Crippen LogP contribution in [0, 0.1) is 23.2 Å². The van der Waals surface area contributed by atoms with Crippen molar-refractivity contribution in [3.63, 3.8) is 0 Å². The first-order valence-electron chi connectivity index (χ1n) is 8.17. The fraction of sp³-hybridized carbons (Fsp3) is 0.0435. The third-order valence-corrected chi connectivity index (χ3v) is 3.77. The maximum absolute atomic E-state index is 12.2. The van der Waals surface area contributed by atoms with Crippen molar-refractivity contribution in [2.75, 3.05) is 7.11 Å². The molecule has 130 valence electrons. The molecule has 0 heterocycles. The molecule has 4 heteroatoms. The molecule has 0 aliphatic rings. The van der Waals surface area contributed by atoms with Crippen molar-refractivity contribution >= 4 is 16.7 Å². The quantitative estimate of drug-likeness (QED) is 0.233. The average molecular weight is 353 g/mol.